The van der Waals surface area contributed by atoms with Crippen LogP contribution >= 0.6 is 11.8 Å². The van der Waals surface area contributed by atoms with Crippen molar-refractivity contribution in [3.8, 4) is 11.5 Å². The highest BCUT2D eigenvalue weighted by Crippen LogP contribution is 2.48. The lowest BCUT2D eigenvalue weighted by atomic mass is 9.84. The Morgan fingerprint density at radius 1 is 0.595 bits per heavy atom. The van der Waals surface area contributed by atoms with Crippen molar-refractivity contribution < 1.29 is 19.7 Å². The van der Waals surface area contributed by atoms with Gasteiger partial charge >= 0.3 is 0 Å². The Morgan fingerprint density at radius 2 is 1.12 bits per heavy atom. The molecule has 0 atom stereocenters. The van der Waals surface area contributed by atoms with E-state index in [1.54, 1.807) is 6.07 Å². The lowest BCUT2D eigenvalue weighted by molar-refractivity contribution is 0.0456. The van der Waals surface area contributed by atoms with Crippen LogP contribution < -0.4 is 0 Å². The van der Waals surface area contributed by atoms with E-state index in [0.717, 1.165) is 44.5 Å². The van der Waals surface area contributed by atoms with E-state index >= 15 is 0 Å². The molecule has 0 amide bonds. The van der Waals surface area contributed by atoms with Gasteiger partial charge in [0, 0.05) is 18.8 Å². The Bertz CT molecular complexity index is 1230. The van der Waals surface area contributed by atoms with Crippen LogP contribution in [-0.2, 0) is 14.2 Å². The summed E-state index contributed by atoms with van der Waals surface area (Å²) >= 11 is 2.00. The molecular weight excluding hydrogens is 540 g/mol. The molecule has 2 N–H and O–H groups in total. The quantitative estimate of drug-likeness (QED) is 0.0697. The van der Waals surface area contributed by atoms with Crippen molar-refractivity contribution in [2.75, 3.05) is 32.2 Å². The number of hydrogen-bond donors (Lipinski definition) is 2. The van der Waals surface area contributed by atoms with Crippen LogP contribution in [-0.4, -0.2) is 42.4 Å². The van der Waals surface area contributed by atoms with Gasteiger partial charge in [-0.2, -0.15) is 0 Å². The standard InChI is InChI=1S/C37H42O4S/c38-35-23-24-36(39)31(30-35)16-6-1-2-13-25-40-27-28-41-26-14-15-29-42-37(32-17-7-3-8-18-32,33-19-9-4-10-20-33)34-21-11-5-12-22-34/h3-12,16-24,30,38-39H,1-2,13-15,25-29H2. The second-order valence-electron chi connectivity index (χ2n) is 10.2. The third kappa shape index (κ3) is 9.25. The number of phenols is 2. The van der Waals surface area contributed by atoms with Crippen molar-refractivity contribution in [3.63, 3.8) is 0 Å². The monoisotopic (exact) mass is 582 g/mol. The van der Waals surface area contributed by atoms with Gasteiger partial charge in [0.15, 0.2) is 0 Å². The van der Waals surface area contributed by atoms with Gasteiger partial charge in [-0.1, -0.05) is 103 Å². The van der Waals surface area contributed by atoms with Crippen LogP contribution in [0, 0.1) is 0 Å². The number of aromatic hydroxyl groups is 2. The van der Waals surface area contributed by atoms with E-state index in [-0.39, 0.29) is 16.2 Å². The molecule has 0 aliphatic heterocycles. The summed E-state index contributed by atoms with van der Waals surface area (Å²) in [7, 11) is 0. The third-order valence-electron chi connectivity index (χ3n) is 7.13. The lowest BCUT2D eigenvalue weighted by Gasteiger charge is -2.35. The number of benzene rings is 4. The molecule has 4 aromatic rings. The van der Waals surface area contributed by atoms with Gasteiger partial charge in [0.1, 0.15) is 11.5 Å². The first-order valence-corrected chi connectivity index (χ1v) is 15.8. The minimum absolute atomic E-state index is 0.151. The molecule has 42 heavy (non-hydrogen) atoms. The van der Waals surface area contributed by atoms with Crippen LogP contribution in [0.15, 0.2) is 115 Å². The molecule has 0 bridgehead atoms. The molecule has 0 saturated heterocycles. The zero-order valence-corrected chi connectivity index (χ0v) is 25.1. The molecular formula is C37H42O4S. The maximum atomic E-state index is 9.80. The molecule has 4 rings (SSSR count). The SMILES string of the molecule is Oc1ccc(O)c(C=CCCCCOCCOCCCCSC(c2ccccc2)(c2ccccc2)c2ccccc2)c1. The molecule has 0 saturated carbocycles. The summed E-state index contributed by atoms with van der Waals surface area (Å²) in [6, 6.07) is 37.1. The first-order chi connectivity index (χ1) is 20.7. The van der Waals surface area contributed by atoms with E-state index in [4.69, 9.17) is 9.47 Å². The second kappa shape index (κ2) is 17.4. The van der Waals surface area contributed by atoms with Crippen LogP contribution in [0.4, 0.5) is 0 Å². The first kappa shape index (κ1) is 31.4. The van der Waals surface area contributed by atoms with Crippen molar-refractivity contribution in [3.05, 3.63) is 138 Å². The van der Waals surface area contributed by atoms with Gasteiger partial charge in [0.2, 0.25) is 0 Å². The fourth-order valence-corrected chi connectivity index (χ4v) is 6.54. The fourth-order valence-electron chi connectivity index (χ4n) is 4.97. The van der Waals surface area contributed by atoms with Crippen LogP contribution in [0.25, 0.3) is 6.08 Å². The van der Waals surface area contributed by atoms with Crippen molar-refractivity contribution in [2.24, 2.45) is 0 Å². The highest BCUT2D eigenvalue weighted by Gasteiger charge is 2.36. The maximum Gasteiger partial charge on any atom is 0.123 e. The number of thioether (sulfide) groups is 1. The highest BCUT2D eigenvalue weighted by atomic mass is 32.2. The van der Waals surface area contributed by atoms with E-state index in [9.17, 15) is 10.2 Å². The Hall–Kier alpha value is -3.51. The highest BCUT2D eigenvalue weighted by molar-refractivity contribution is 8.00. The molecule has 0 fully saturated rings. The zero-order valence-electron chi connectivity index (χ0n) is 24.2. The molecule has 0 heterocycles. The van der Waals surface area contributed by atoms with E-state index in [1.807, 2.05) is 23.9 Å². The Labute approximate surface area is 255 Å². The van der Waals surface area contributed by atoms with Gasteiger partial charge in [-0.05, 0) is 72.7 Å². The summed E-state index contributed by atoms with van der Waals surface area (Å²) < 4.78 is 11.3. The number of unbranched alkanes of at least 4 members (excludes halogenated alkanes) is 3. The van der Waals surface area contributed by atoms with Crippen molar-refractivity contribution >= 4 is 17.8 Å². The molecule has 4 nitrogen and oxygen atoms in total. The minimum atomic E-state index is -0.263. The average Bonchev–Trinajstić information content (AvgIpc) is 3.04. The Morgan fingerprint density at radius 3 is 1.67 bits per heavy atom. The maximum absolute atomic E-state index is 9.80. The fraction of sp³-hybridized carbons (Fsp3) is 0.297. The Balaban J connectivity index is 1.13. The topological polar surface area (TPSA) is 58.9 Å². The molecule has 0 unspecified atom stereocenters. The van der Waals surface area contributed by atoms with Gasteiger partial charge < -0.3 is 19.7 Å². The summed E-state index contributed by atoms with van der Waals surface area (Å²) in [6.07, 6.45) is 8.82. The van der Waals surface area contributed by atoms with E-state index in [1.165, 1.54) is 28.8 Å². The summed E-state index contributed by atoms with van der Waals surface area (Å²) in [5.74, 6) is 1.35. The molecule has 220 valence electrons. The first-order valence-electron chi connectivity index (χ1n) is 14.8. The second-order valence-corrected chi connectivity index (χ2v) is 11.5. The third-order valence-corrected chi connectivity index (χ3v) is 8.77. The minimum Gasteiger partial charge on any atom is -0.508 e. The summed E-state index contributed by atoms with van der Waals surface area (Å²) in [5.41, 5.74) is 4.53. The van der Waals surface area contributed by atoms with Crippen LogP contribution in [0.1, 0.15) is 54.4 Å². The van der Waals surface area contributed by atoms with Gasteiger partial charge in [-0.15, -0.1) is 11.8 Å². The smallest absolute Gasteiger partial charge is 0.123 e. The van der Waals surface area contributed by atoms with Crippen molar-refractivity contribution in [1.82, 2.24) is 0 Å². The molecule has 0 aliphatic rings. The molecule has 0 aromatic heterocycles. The molecule has 0 aliphatic carbocycles. The van der Waals surface area contributed by atoms with Crippen LogP contribution in [0.3, 0.4) is 0 Å². The summed E-state index contributed by atoms with van der Waals surface area (Å²) in [4.78, 5) is 0. The molecule has 5 heteroatoms. The Kier molecular flexibility index (Phi) is 13.1. The average molecular weight is 583 g/mol. The lowest BCUT2D eigenvalue weighted by Crippen LogP contribution is -2.26. The number of phenolic OH excluding ortho intramolecular Hbond substituents is 2. The predicted octanol–water partition coefficient (Wildman–Crippen LogP) is 8.82. The van der Waals surface area contributed by atoms with Gasteiger partial charge in [-0.25, -0.2) is 0 Å². The summed E-state index contributed by atoms with van der Waals surface area (Å²) in [6.45, 7) is 2.68. The normalized spacial score (nSPS) is 11.7. The van der Waals surface area contributed by atoms with Gasteiger partial charge in [0.25, 0.3) is 0 Å². The van der Waals surface area contributed by atoms with E-state index < -0.39 is 0 Å². The van der Waals surface area contributed by atoms with E-state index in [2.05, 4.69) is 91.0 Å². The van der Waals surface area contributed by atoms with E-state index in [0.29, 0.717) is 25.4 Å². The predicted molar refractivity (Wildman–Crippen MR) is 175 cm³/mol. The largest absolute Gasteiger partial charge is 0.508 e. The van der Waals surface area contributed by atoms with Crippen LogP contribution in [0.5, 0.6) is 11.5 Å². The van der Waals surface area contributed by atoms with Crippen molar-refractivity contribution in [1.29, 1.82) is 0 Å². The molecule has 0 spiro atoms. The summed E-state index contributed by atoms with van der Waals surface area (Å²) in [5, 5.41) is 19.3. The number of allylic oxidation sites excluding steroid dienone is 1. The number of ether oxygens (including phenoxy) is 2. The van der Waals surface area contributed by atoms with Crippen molar-refractivity contribution in [2.45, 2.75) is 36.9 Å². The number of hydrogen-bond acceptors (Lipinski definition) is 5. The number of rotatable bonds is 18. The van der Waals surface area contributed by atoms with Gasteiger partial charge in [-0.3, -0.25) is 0 Å². The zero-order chi connectivity index (χ0) is 29.3. The molecule has 0 radical (unpaired) electrons. The van der Waals surface area contributed by atoms with Gasteiger partial charge in [0.05, 0.1) is 18.0 Å². The van der Waals surface area contributed by atoms with Crippen LogP contribution in [0.2, 0.25) is 0 Å². The molecule has 4 aromatic carbocycles.